The standard InChI is InChI=1S/C14H11ClN4/c15-14-18-12-6-2-1-5-11(12)13(19-14)17-9-10-4-3-7-16-8-10/h1-8H,9H2,(H,17,18,19). The van der Waals surface area contributed by atoms with Crippen molar-refractivity contribution >= 4 is 28.3 Å². The normalized spacial score (nSPS) is 10.6. The molecule has 0 aliphatic heterocycles. The topological polar surface area (TPSA) is 50.7 Å². The van der Waals surface area contributed by atoms with Crippen LogP contribution in [-0.4, -0.2) is 15.0 Å². The summed E-state index contributed by atoms with van der Waals surface area (Å²) in [6.45, 7) is 0.644. The number of benzene rings is 1. The van der Waals surface area contributed by atoms with Gasteiger partial charge in [-0.1, -0.05) is 18.2 Å². The molecule has 0 atom stereocenters. The Labute approximate surface area is 115 Å². The summed E-state index contributed by atoms with van der Waals surface area (Å²) >= 11 is 5.93. The third-order valence-electron chi connectivity index (χ3n) is 2.76. The van der Waals surface area contributed by atoms with Crippen LogP contribution in [0.1, 0.15) is 5.56 Å². The number of nitrogens with zero attached hydrogens (tertiary/aromatic N) is 3. The van der Waals surface area contributed by atoms with Crippen molar-refractivity contribution in [2.24, 2.45) is 0 Å². The van der Waals surface area contributed by atoms with Crippen LogP contribution in [0.15, 0.2) is 48.8 Å². The van der Waals surface area contributed by atoms with Crippen LogP contribution in [0, 0.1) is 0 Å². The van der Waals surface area contributed by atoms with Crippen LogP contribution in [0.25, 0.3) is 10.9 Å². The van der Waals surface area contributed by atoms with Crippen LogP contribution in [0.5, 0.6) is 0 Å². The summed E-state index contributed by atoms with van der Waals surface area (Å²) in [6, 6.07) is 11.7. The lowest BCUT2D eigenvalue weighted by atomic mass is 10.2. The van der Waals surface area contributed by atoms with Crippen molar-refractivity contribution in [2.45, 2.75) is 6.54 Å². The lowest BCUT2D eigenvalue weighted by molar-refractivity contribution is 1.08. The zero-order chi connectivity index (χ0) is 13.1. The van der Waals surface area contributed by atoms with Gasteiger partial charge in [0.15, 0.2) is 0 Å². The zero-order valence-corrected chi connectivity index (χ0v) is 10.8. The molecule has 3 rings (SSSR count). The van der Waals surface area contributed by atoms with Crippen molar-refractivity contribution in [3.63, 3.8) is 0 Å². The van der Waals surface area contributed by atoms with E-state index >= 15 is 0 Å². The molecule has 0 radical (unpaired) electrons. The summed E-state index contributed by atoms with van der Waals surface area (Å²) in [5.74, 6) is 0.736. The van der Waals surface area contributed by atoms with Crippen molar-refractivity contribution in [1.29, 1.82) is 0 Å². The quantitative estimate of drug-likeness (QED) is 0.742. The third-order valence-corrected chi connectivity index (χ3v) is 2.93. The van der Waals surface area contributed by atoms with Gasteiger partial charge < -0.3 is 5.32 Å². The Kier molecular flexibility index (Phi) is 3.25. The molecule has 0 spiro atoms. The van der Waals surface area contributed by atoms with Crippen molar-refractivity contribution in [3.8, 4) is 0 Å². The maximum atomic E-state index is 5.93. The van der Waals surface area contributed by atoms with Gasteiger partial charge in [0, 0.05) is 24.3 Å². The van der Waals surface area contributed by atoms with E-state index in [0.717, 1.165) is 22.3 Å². The first-order chi connectivity index (χ1) is 9.33. The molecular formula is C14H11ClN4. The van der Waals surface area contributed by atoms with Crippen LogP contribution in [0.2, 0.25) is 5.28 Å². The van der Waals surface area contributed by atoms with Gasteiger partial charge in [0.25, 0.3) is 0 Å². The van der Waals surface area contributed by atoms with Gasteiger partial charge in [-0.15, -0.1) is 0 Å². The Morgan fingerprint density at radius 3 is 2.79 bits per heavy atom. The highest BCUT2D eigenvalue weighted by Gasteiger charge is 2.05. The number of hydrogen-bond donors (Lipinski definition) is 1. The molecule has 3 aromatic rings. The van der Waals surface area contributed by atoms with Crippen LogP contribution in [-0.2, 0) is 6.54 Å². The summed E-state index contributed by atoms with van der Waals surface area (Å²) in [5, 5.41) is 4.47. The average molecular weight is 271 g/mol. The number of halogens is 1. The second-order valence-electron chi connectivity index (χ2n) is 4.07. The molecule has 0 saturated carbocycles. The summed E-state index contributed by atoms with van der Waals surface area (Å²) in [5.41, 5.74) is 1.91. The van der Waals surface area contributed by atoms with E-state index in [2.05, 4.69) is 20.3 Å². The number of anilines is 1. The van der Waals surface area contributed by atoms with Gasteiger partial charge in [-0.3, -0.25) is 4.98 Å². The number of aromatic nitrogens is 3. The molecule has 19 heavy (non-hydrogen) atoms. The molecule has 1 N–H and O–H groups in total. The summed E-state index contributed by atoms with van der Waals surface area (Å²) in [4.78, 5) is 12.5. The fraction of sp³-hybridized carbons (Fsp3) is 0.0714. The highest BCUT2D eigenvalue weighted by atomic mass is 35.5. The van der Waals surface area contributed by atoms with E-state index < -0.39 is 0 Å². The van der Waals surface area contributed by atoms with Gasteiger partial charge in [0.1, 0.15) is 5.82 Å². The van der Waals surface area contributed by atoms with E-state index in [4.69, 9.17) is 11.6 Å². The van der Waals surface area contributed by atoms with E-state index in [1.165, 1.54) is 0 Å². The number of pyridine rings is 1. The summed E-state index contributed by atoms with van der Waals surface area (Å²) in [7, 11) is 0. The van der Waals surface area contributed by atoms with Crippen molar-refractivity contribution in [2.75, 3.05) is 5.32 Å². The second kappa shape index (κ2) is 5.20. The predicted octanol–water partition coefficient (Wildman–Crippen LogP) is 3.29. The fourth-order valence-corrected chi connectivity index (χ4v) is 2.05. The van der Waals surface area contributed by atoms with Crippen LogP contribution >= 0.6 is 11.6 Å². The highest BCUT2D eigenvalue weighted by molar-refractivity contribution is 6.28. The smallest absolute Gasteiger partial charge is 0.224 e. The number of rotatable bonds is 3. The summed E-state index contributed by atoms with van der Waals surface area (Å²) < 4.78 is 0. The fourth-order valence-electron chi connectivity index (χ4n) is 1.87. The third kappa shape index (κ3) is 2.63. The Morgan fingerprint density at radius 1 is 1.05 bits per heavy atom. The number of fused-ring (bicyclic) bond motifs is 1. The maximum absolute atomic E-state index is 5.93. The molecular weight excluding hydrogens is 260 g/mol. The molecule has 0 unspecified atom stereocenters. The maximum Gasteiger partial charge on any atom is 0.224 e. The minimum absolute atomic E-state index is 0.243. The summed E-state index contributed by atoms with van der Waals surface area (Å²) in [6.07, 6.45) is 3.57. The van der Waals surface area contributed by atoms with Crippen molar-refractivity contribution in [1.82, 2.24) is 15.0 Å². The molecule has 0 saturated heterocycles. The minimum Gasteiger partial charge on any atom is -0.365 e. The number of para-hydroxylation sites is 1. The molecule has 2 aromatic heterocycles. The molecule has 94 valence electrons. The molecule has 0 aliphatic rings. The number of hydrogen-bond acceptors (Lipinski definition) is 4. The van der Waals surface area contributed by atoms with E-state index in [-0.39, 0.29) is 5.28 Å². The zero-order valence-electron chi connectivity index (χ0n) is 10.0. The first-order valence-corrected chi connectivity index (χ1v) is 6.26. The van der Waals surface area contributed by atoms with Crippen molar-refractivity contribution < 1.29 is 0 Å². The van der Waals surface area contributed by atoms with E-state index in [0.29, 0.717) is 6.54 Å². The van der Waals surface area contributed by atoms with Gasteiger partial charge >= 0.3 is 0 Å². The lowest BCUT2D eigenvalue weighted by Crippen LogP contribution is -2.03. The van der Waals surface area contributed by atoms with Gasteiger partial charge in [0.05, 0.1) is 5.52 Å². The Morgan fingerprint density at radius 2 is 1.95 bits per heavy atom. The molecule has 1 aromatic carbocycles. The van der Waals surface area contributed by atoms with Gasteiger partial charge in [-0.2, -0.15) is 0 Å². The highest BCUT2D eigenvalue weighted by Crippen LogP contribution is 2.22. The minimum atomic E-state index is 0.243. The largest absolute Gasteiger partial charge is 0.365 e. The van der Waals surface area contributed by atoms with Crippen LogP contribution in [0.3, 0.4) is 0 Å². The van der Waals surface area contributed by atoms with Crippen LogP contribution in [0.4, 0.5) is 5.82 Å². The molecule has 4 nitrogen and oxygen atoms in total. The predicted molar refractivity (Wildman–Crippen MR) is 76.1 cm³/mol. The molecule has 0 bridgehead atoms. The van der Waals surface area contributed by atoms with E-state index in [1.54, 1.807) is 6.20 Å². The Bertz CT molecular complexity index is 700. The Hall–Kier alpha value is -2.20. The number of nitrogens with one attached hydrogen (secondary N) is 1. The molecule has 0 aliphatic carbocycles. The first kappa shape index (κ1) is 11.9. The molecule has 0 amide bonds. The van der Waals surface area contributed by atoms with Crippen molar-refractivity contribution in [3.05, 3.63) is 59.6 Å². The second-order valence-corrected chi connectivity index (χ2v) is 4.41. The lowest BCUT2D eigenvalue weighted by Gasteiger charge is -2.08. The molecule has 2 heterocycles. The molecule has 5 heteroatoms. The van der Waals surface area contributed by atoms with E-state index in [1.807, 2.05) is 42.6 Å². The first-order valence-electron chi connectivity index (χ1n) is 5.88. The average Bonchev–Trinajstić information content (AvgIpc) is 2.45. The molecule has 0 fully saturated rings. The van der Waals surface area contributed by atoms with Crippen LogP contribution < -0.4 is 5.32 Å². The van der Waals surface area contributed by atoms with Gasteiger partial charge in [0.2, 0.25) is 5.28 Å². The van der Waals surface area contributed by atoms with Gasteiger partial charge in [-0.05, 0) is 35.4 Å². The SMILES string of the molecule is Clc1nc(NCc2cccnc2)c2ccccc2n1. The van der Waals surface area contributed by atoms with Gasteiger partial charge in [-0.25, -0.2) is 9.97 Å². The monoisotopic (exact) mass is 270 g/mol. The Balaban J connectivity index is 1.92. The van der Waals surface area contributed by atoms with E-state index in [9.17, 15) is 0 Å².